The van der Waals surface area contributed by atoms with Crippen LogP contribution >= 0.6 is 22.9 Å². The number of rotatable bonds is 3. The Hall–Kier alpha value is -1.26. The van der Waals surface area contributed by atoms with Crippen molar-refractivity contribution in [1.82, 2.24) is 4.98 Å². The van der Waals surface area contributed by atoms with Crippen molar-refractivity contribution in [1.29, 1.82) is 0 Å². The molecule has 1 aromatic heterocycles. The number of para-hydroxylation sites is 1. The number of anilines is 2. The molecule has 0 amide bonds. The Morgan fingerprint density at radius 2 is 2.33 bits per heavy atom. The highest BCUT2D eigenvalue weighted by atomic mass is 35.5. The molecule has 1 aromatic carbocycles. The third kappa shape index (κ3) is 2.40. The largest absolute Gasteiger partial charge is 0.396 e. The molecule has 0 radical (unpaired) electrons. The SMILES string of the molecule is Nc1c(Cl)cccc1NCc1nccs1. The van der Waals surface area contributed by atoms with E-state index in [9.17, 15) is 0 Å². The zero-order valence-electron chi connectivity index (χ0n) is 7.90. The third-order valence-corrected chi connectivity index (χ3v) is 3.08. The third-order valence-electron chi connectivity index (χ3n) is 1.97. The van der Waals surface area contributed by atoms with Gasteiger partial charge in [0.25, 0.3) is 0 Å². The Kier molecular flexibility index (Phi) is 3.08. The van der Waals surface area contributed by atoms with Crippen molar-refractivity contribution < 1.29 is 0 Å². The number of hydrogen-bond donors (Lipinski definition) is 2. The summed E-state index contributed by atoms with van der Waals surface area (Å²) in [6.07, 6.45) is 1.78. The van der Waals surface area contributed by atoms with E-state index in [2.05, 4.69) is 10.3 Å². The molecule has 2 rings (SSSR count). The Labute approximate surface area is 96.9 Å². The topological polar surface area (TPSA) is 50.9 Å². The Morgan fingerprint density at radius 3 is 3.07 bits per heavy atom. The lowest BCUT2D eigenvalue weighted by Gasteiger charge is -2.08. The fourth-order valence-corrected chi connectivity index (χ4v) is 1.93. The van der Waals surface area contributed by atoms with Crippen LogP contribution in [0.3, 0.4) is 0 Å². The van der Waals surface area contributed by atoms with Gasteiger partial charge in [-0.2, -0.15) is 0 Å². The van der Waals surface area contributed by atoms with Crippen LogP contribution in [0.2, 0.25) is 5.02 Å². The van der Waals surface area contributed by atoms with Crippen molar-refractivity contribution in [2.45, 2.75) is 6.54 Å². The molecule has 78 valence electrons. The molecule has 0 saturated heterocycles. The van der Waals surface area contributed by atoms with Gasteiger partial charge in [-0.25, -0.2) is 4.98 Å². The number of nitrogen functional groups attached to an aromatic ring is 1. The molecule has 0 bridgehead atoms. The maximum atomic E-state index is 5.90. The minimum Gasteiger partial charge on any atom is -0.396 e. The van der Waals surface area contributed by atoms with Crippen molar-refractivity contribution >= 4 is 34.3 Å². The van der Waals surface area contributed by atoms with Crippen LogP contribution < -0.4 is 11.1 Å². The van der Waals surface area contributed by atoms with E-state index in [1.165, 1.54) is 0 Å². The summed E-state index contributed by atoms with van der Waals surface area (Å²) >= 11 is 7.50. The fraction of sp³-hybridized carbons (Fsp3) is 0.100. The van der Waals surface area contributed by atoms with Gasteiger partial charge in [-0.05, 0) is 12.1 Å². The number of hydrogen-bond acceptors (Lipinski definition) is 4. The summed E-state index contributed by atoms with van der Waals surface area (Å²) in [5.74, 6) is 0. The second kappa shape index (κ2) is 4.51. The highest BCUT2D eigenvalue weighted by molar-refractivity contribution is 7.09. The van der Waals surface area contributed by atoms with E-state index in [0.717, 1.165) is 10.7 Å². The van der Waals surface area contributed by atoms with Crippen LogP contribution in [0.5, 0.6) is 0 Å². The molecule has 1 heterocycles. The first-order chi connectivity index (χ1) is 7.27. The van der Waals surface area contributed by atoms with E-state index in [1.54, 1.807) is 23.6 Å². The molecule has 0 aliphatic rings. The standard InChI is InChI=1S/C10H10ClN3S/c11-7-2-1-3-8(10(7)12)14-6-9-13-4-5-15-9/h1-5,14H,6,12H2. The highest BCUT2D eigenvalue weighted by Crippen LogP contribution is 2.27. The van der Waals surface area contributed by atoms with Crippen molar-refractivity contribution in [3.05, 3.63) is 39.8 Å². The zero-order valence-corrected chi connectivity index (χ0v) is 9.48. The number of nitrogens with one attached hydrogen (secondary N) is 1. The summed E-state index contributed by atoms with van der Waals surface area (Å²) < 4.78 is 0. The van der Waals surface area contributed by atoms with Crippen LogP contribution in [0.25, 0.3) is 0 Å². The zero-order chi connectivity index (χ0) is 10.7. The average molecular weight is 240 g/mol. The lowest BCUT2D eigenvalue weighted by Crippen LogP contribution is -2.02. The van der Waals surface area contributed by atoms with E-state index < -0.39 is 0 Å². The quantitative estimate of drug-likeness (QED) is 0.810. The molecule has 0 fully saturated rings. The van der Waals surface area contributed by atoms with Gasteiger partial charge in [-0.1, -0.05) is 17.7 Å². The molecule has 0 unspecified atom stereocenters. The molecule has 2 aromatic rings. The molecule has 0 atom stereocenters. The average Bonchev–Trinajstić information content (AvgIpc) is 2.73. The van der Waals surface area contributed by atoms with E-state index in [4.69, 9.17) is 17.3 Å². The van der Waals surface area contributed by atoms with Crippen molar-refractivity contribution in [3.8, 4) is 0 Å². The van der Waals surface area contributed by atoms with Gasteiger partial charge < -0.3 is 11.1 Å². The summed E-state index contributed by atoms with van der Waals surface area (Å²) in [7, 11) is 0. The smallest absolute Gasteiger partial charge is 0.112 e. The molecular formula is C10H10ClN3S. The number of aromatic nitrogens is 1. The van der Waals surface area contributed by atoms with Crippen molar-refractivity contribution in [2.24, 2.45) is 0 Å². The summed E-state index contributed by atoms with van der Waals surface area (Å²) in [5, 5.41) is 6.73. The van der Waals surface area contributed by atoms with Crippen molar-refractivity contribution in [3.63, 3.8) is 0 Å². The summed E-state index contributed by atoms with van der Waals surface area (Å²) in [5.41, 5.74) is 7.24. The molecule has 0 saturated carbocycles. The minimum atomic E-state index is 0.569. The summed E-state index contributed by atoms with van der Waals surface area (Å²) in [6.45, 7) is 0.669. The monoisotopic (exact) mass is 239 g/mol. The summed E-state index contributed by atoms with van der Waals surface area (Å²) in [6, 6.07) is 5.53. The lowest BCUT2D eigenvalue weighted by atomic mass is 10.2. The van der Waals surface area contributed by atoms with E-state index in [1.807, 2.05) is 17.5 Å². The van der Waals surface area contributed by atoms with Gasteiger partial charge in [0.1, 0.15) is 5.01 Å². The van der Waals surface area contributed by atoms with Crippen LogP contribution in [0, 0.1) is 0 Å². The second-order valence-corrected chi connectivity index (χ2v) is 4.37. The van der Waals surface area contributed by atoms with Crippen LogP contribution in [0.1, 0.15) is 5.01 Å². The predicted octanol–water partition coefficient (Wildman–Crippen LogP) is 2.99. The van der Waals surface area contributed by atoms with Crippen LogP contribution in [0.15, 0.2) is 29.8 Å². The second-order valence-electron chi connectivity index (χ2n) is 2.98. The van der Waals surface area contributed by atoms with Crippen molar-refractivity contribution in [2.75, 3.05) is 11.1 Å². The van der Waals surface area contributed by atoms with Gasteiger partial charge in [0, 0.05) is 11.6 Å². The molecule has 3 nitrogen and oxygen atoms in total. The summed E-state index contributed by atoms with van der Waals surface area (Å²) in [4.78, 5) is 4.17. The normalized spacial score (nSPS) is 10.2. The van der Waals surface area contributed by atoms with E-state index in [0.29, 0.717) is 17.3 Å². The first kappa shape index (κ1) is 10.3. The molecular weight excluding hydrogens is 230 g/mol. The maximum Gasteiger partial charge on any atom is 0.112 e. The fourth-order valence-electron chi connectivity index (χ4n) is 1.20. The first-order valence-corrected chi connectivity index (χ1v) is 5.69. The number of thiazole rings is 1. The van der Waals surface area contributed by atoms with Gasteiger partial charge in [-0.15, -0.1) is 11.3 Å². The minimum absolute atomic E-state index is 0.569. The number of halogens is 1. The molecule has 0 aliphatic heterocycles. The molecule has 5 heteroatoms. The first-order valence-electron chi connectivity index (χ1n) is 4.43. The number of nitrogens with two attached hydrogens (primary N) is 1. The van der Waals surface area contributed by atoms with E-state index in [-0.39, 0.29) is 0 Å². The Balaban J connectivity index is 2.08. The molecule has 3 N–H and O–H groups in total. The molecule has 0 spiro atoms. The maximum absolute atomic E-state index is 5.90. The van der Waals surface area contributed by atoms with E-state index >= 15 is 0 Å². The molecule has 0 aliphatic carbocycles. The number of benzene rings is 1. The van der Waals surface area contributed by atoms with Gasteiger partial charge in [0.2, 0.25) is 0 Å². The van der Waals surface area contributed by atoms with Gasteiger partial charge >= 0.3 is 0 Å². The molecule has 15 heavy (non-hydrogen) atoms. The van der Waals surface area contributed by atoms with Crippen LogP contribution in [-0.4, -0.2) is 4.98 Å². The Morgan fingerprint density at radius 1 is 1.47 bits per heavy atom. The predicted molar refractivity (Wildman–Crippen MR) is 65.3 cm³/mol. The van der Waals surface area contributed by atoms with Gasteiger partial charge in [0.15, 0.2) is 0 Å². The Bertz CT molecular complexity index is 442. The highest BCUT2D eigenvalue weighted by Gasteiger charge is 2.02. The van der Waals surface area contributed by atoms with Crippen LogP contribution in [0.4, 0.5) is 11.4 Å². The van der Waals surface area contributed by atoms with Crippen LogP contribution in [-0.2, 0) is 6.54 Å². The number of nitrogens with zero attached hydrogens (tertiary/aromatic N) is 1. The van der Waals surface area contributed by atoms with Gasteiger partial charge in [0.05, 0.1) is 22.9 Å². The lowest BCUT2D eigenvalue weighted by molar-refractivity contribution is 1.10. The van der Waals surface area contributed by atoms with Gasteiger partial charge in [-0.3, -0.25) is 0 Å².